The number of benzene rings is 2. The average molecular weight is 394 g/mol. The van der Waals surface area contributed by atoms with E-state index in [1.54, 1.807) is 18.2 Å². The van der Waals surface area contributed by atoms with Gasteiger partial charge in [0.2, 0.25) is 5.91 Å². The number of carbonyl (C=O) groups excluding carboxylic acids is 1. The van der Waals surface area contributed by atoms with E-state index in [1.807, 2.05) is 29.6 Å². The van der Waals surface area contributed by atoms with Gasteiger partial charge in [-0.15, -0.1) is 5.10 Å². The number of methoxy groups -OCH3 is 1. The lowest BCUT2D eigenvalue weighted by Crippen LogP contribution is -2.12. The Kier molecular flexibility index (Phi) is 6.54. The number of aromatic nitrogens is 2. The van der Waals surface area contributed by atoms with Crippen LogP contribution in [0.15, 0.2) is 47.8 Å². The Labute approximate surface area is 166 Å². The van der Waals surface area contributed by atoms with E-state index in [4.69, 9.17) is 14.7 Å². The van der Waals surface area contributed by atoms with Gasteiger partial charge in [0.15, 0.2) is 11.5 Å². The van der Waals surface area contributed by atoms with Gasteiger partial charge in [0.1, 0.15) is 5.69 Å². The van der Waals surface area contributed by atoms with Crippen LogP contribution in [0.3, 0.4) is 0 Å². The summed E-state index contributed by atoms with van der Waals surface area (Å²) in [5, 5.41) is 17.7. The van der Waals surface area contributed by atoms with Gasteiger partial charge in [-0.3, -0.25) is 4.79 Å². The summed E-state index contributed by atoms with van der Waals surface area (Å²) < 4.78 is 14.7. The monoisotopic (exact) mass is 394 g/mol. The number of nitrogens with zero attached hydrogens (tertiary/aromatic N) is 3. The Morgan fingerprint density at radius 2 is 2.04 bits per heavy atom. The van der Waals surface area contributed by atoms with Gasteiger partial charge in [-0.05, 0) is 42.2 Å². The summed E-state index contributed by atoms with van der Waals surface area (Å²) in [6.45, 7) is 0.367. The predicted molar refractivity (Wildman–Crippen MR) is 106 cm³/mol. The van der Waals surface area contributed by atoms with Crippen molar-refractivity contribution in [3.8, 4) is 28.8 Å². The van der Waals surface area contributed by atoms with Crippen molar-refractivity contribution in [2.75, 3.05) is 19.0 Å². The number of nitriles is 1. The number of anilines is 1. The van der Waals surface area contributed by atoms with Gasteiger partial charge in [-0.25, -0.2) is 0 Å². The highest BCUT2D eigenvalue weighted by Crippen LogP contribution is 2.28. The molecule has 0 radical (unpaired) electrons. The van der Waals surface area contributed by atoms with Crippen molar-refractivity contribution in [2.24, 2.45) is 0 Å². The van der Waals surface area contributed by atoms with E-state index in [-0.39, 0.29) is 5.91 Å². The maximum atomic E-state index is 12.1. The lowest BCUT2D eigenvalue weighted by atomic mass is 10.1. The number of carbonyl (C=O) groups is 1. The molecule has 1 heterocycles. The molecule has 7 nitrogen and oxygen atoms in total. The zero-order valence-corrected chi connectivity index (χ0v) is 16.0. The molecule has 0 bridgehead atoms. The Balaban J connectivity index is 1.44. The minimum Gasteiger partial charge on any atom is -0.493 e. The first-order chi connectivity index (χ1) is 13.7. The zero-order chi connectivity index (χ0) is 19.8. The normalized spacial score (nSPS) is 10.1. The molecule has 0 aliphatic carbocycles. The third-order valence-corrected chi connectivity index (χ3v) is 4.43. The summed E-state index contributed by atoms with van der Waals surface area (Å²) in [4.78, 5) is 12.1. The van der Waals surface area contributed by atoms with Crippen LogP contribution < -0.4 is 14.8 Å². The minimum absolute atomic E-state index is 0.0848. The predicted octanol–water partition coefficient (Wildman–Crippen LogP) is 3.88. The molecule has 2 aromatic carbocycles. The third kappa shape index (κ3) is 5.05. The molecule has 1 amide bonds. The Morgan fingerprint density at radius 1 is 1.21 bits per heavy atom. The lowest BCUT2D eigenvalue weighted by molar-refractivity contribution is -0.116. The van der Waals surface area contributed by atoms with Crippen LogP contribution in [0, 0.1) is 11.3 Å². The Bertz CT molecular complexity index is 966. The van der Waals surface area contributed by atoms with E-state index in [2.05, 4.69) is 21.0 Å². The second-order valence-corrected chi connectivity index (χ2v) is 6.45. The maximum Gasteiger partial charge on any atom is 0.224 e. The average Bonchev–Trinajstić information content (AvgIpc) is 3.26. The van der Waals surface area contributed by atoms with Crippen molar-refractivity contribution in [2.45, 2.75) is 12.8 Å². The lowest BCUT2D eigenvalue weighted by Gasteiger charge is -2.11. The van der Waals surface area contributed by atoms with Crippen LogP contribution in [0.2, 0.25) is 0 Å². The fraction of sp³-hybridized carbons (Fsp3) is 0.200. The van der Waals surface area contributed by atoms with Crippen LogP contribution in [-0.4, -0.2) is 29.2 Å². The van der Waals surface area contributed by atoms with E-state index in [0.29, 0.717) is 36.5 Å². The van der Waals surface area contributed by atoms with Gasteiger partial charge in [0.25, 0.3) is 0 Å². The molecule has 0 saturated carbocycles. The topological polar surface area (TPSA) is 97.1 Å². The quantitative estimate of drug-likeness (QED) is 0.582. The first-order valence-electron chi connectivity index (χ1n) is 8.58. The molecular weight excluding hydrogens is 376 g/mol. The second-order valence-electron chi connectivity index (χ2n) is 5.85. The molecule has 28 heavy (non-hydrogen) atoms. The fourth-order valence-corrected chi connectivity index (χ4v) is 2.97. The summed E-state index contributed by atoms with van der Waals surface area (Å²) >= 11 is 1.30. The number of amides is 1. The smallest absolute Gasteiger partial charge is 0.224 e. The Hall–Kier alpha value is -3.44. The first kappa shape index (κ1) is 19.3. The summed E-state index contributed by atoms with van der Waals surface area (Å²) in [5.41, 5.74) is 3.00. The van der Waals surface area contributed by atoms with Crippen molar-refractivity contribution in [1.29, 1.82) is 5.26 Å². The van der Waals surface area contributed by atoms with Crippen LogP contribution in [0.5, 0.6) is 11.5 Å². The van der Waals surface area contributed by atoms with Crippen molar-refractivity contribution >= 4 is 23.1 Å². The van der Waals surface area contributed by atoms with E-state index < -0.39 is 0 Å². The van der Waals surface area contributed by atoms with E-state index in [1.165, 1.54) is 18.6 Å². The van der Waals surface area contributed by atoms with Gasteiger partial charge in [-0.2, -0.15) is 5.26 Å². The SMILES string of the molecule is COc1cc(C#N)ccc1OCCCC(=O)Nc1ccc(-c2csnn2)cc1. The third-order valence-electron chi connectivity index (χ3n) is 3.92. The van der Waals surface area contributed by atoms with E-state index in [9.17, 15) is 4.79 Å². The number of ether oxygens (including phenoxy) is 2. The van der Waals surface area contributed by atoms with Crippen molar-refractivity contribution < 1.29 is 14.3 Å². The molecule has 0 aliphatic rings. The molecule has 8 heteroatoms. The minimum atomic E-state index is -0.0848. The van der Waals surface area contributed by atoms with Crippen LogP contribution in [0.4, 0.5) is 5.69 Å². The molecular formula is C20H18N4O3S. The largest absolute Gasteiger partial charge is 0.493 e. The highest BCUT2D eigenvalue weighted by molar-refractivity contribution is 7.03. The number of hydrogen-bond acceptors (Lipinski definition) is 7. The standard InChI is InChI=1S/C20H18N4O3S/c1-26-19-11-14(12-21)4-9-18(19)27-10-2-3-20(25)22-16-7-5-15(6-8-16)17-13-28-24-23-17/h4-9,11,13H,2-3,10H2,1H3,(H,22,25). The summed E-state index contributed by atoms with van der Waals surface area (Å²) in [5.74, 6) is 0.964. The molecule has 3 aromatic rings. The van der Waals surface area contributed by atoms with Crippen molar-refractivity contribution in [3.05, 3.63) is 53.4 Å². The highest BCUT2D eigenvalue weighted by atomic mass is 32.1. The molecule has 0 unspecified atom stereocenters. The summed E-state index contributed by atoms with van der Waals surface area (Å²) in [6.07, 6.45) is 0.883. The number of nitrogens with one attached hydrogen (secondary N) is 1. The van der Waals surface area contributed by atoms with Crippen LogP contribution >= 0.6 is 11.5 Å². The number of hydrogen-bond donors (Lipinski definition) is 1. The van der Waals surface area contributed by atoms with Crippen LogP contribution in [0.1, 0.15) is 18.4 Å². The van der Waals surface area contributed by atoms with Gasteiger partial charge in [0, 0.05) is 29.1 Å². The van der Waals surface area contributed by atoms with E-state index >= 15 is 0 Å². The molecule has 3 rings (SSSR count). The highest BCUT2D eigenvalue weighted by Gasteiger charge is 2.08. The molecule has 0 spiro atoms. The summed E-state index contributed by atoms with van der Waals surface area (Å²) in [6, 6.07) is 14.5. The van der Waals surface area contributed by atoms with Gasteiger partial charge in [-0.1, -0.05) is 16.6 Å². The number of rotatable bonds is 8. The van der Waals surface area contributed by atoms with Gasteiger partial charge >= 0.3 is 0 Å². The van der Waals surface area contributed by atoms with Gasteiger partial charge in [0.05, 0.1) is 25.3 Å². The van der Waals surface area contributed by atoms with Crippen molar-refractivity contribution in [1.82, 2.24) is 9.59 Å². The van der Waals surface area contributed by atoms with Crippen LogP contribution in [0.25, 0.3) is 11.3 Å². The maximum absolute atomic E-state index is 12.1. The van der Waals surface area contributed by atoms with Crippen LogP contribution in [-0.2, 0) is 4.79 Å². The molecule has 0 atom stereocenters. The fourth-order valence-electron chi connectivity index (χ4n) is 2.51. The molecule has 1 N–H and O–H groups in total. The second kappa shape index (κ2) is 9.48. The molecule has 0 saturated heterocycles. The molecule has 142 valence electrons. The van der Waals surface area contributed by atoms with Crippen molar-refractivity contribution in [3.63, 3.8) is 0 Å². The summed E-state index contributed by atoms with van der Waals surface area (Å²) in [7, 11) is 1.52. The Morgan fingerprint density at radius 3 is 2.71 bits per heavy atom. The van der Waals surface area contributed by atoms with E-state index in [0.717, 1.165) is 16.9 Å². The van der Waals surface area contributed by atoms with Gasteiger partial charge < -0.3 is 14.8 Å². The molecule has 0 fully saturated rings. The molecule has 0 aliphatic heterocycles. The molecule has 1 aromatic heterocycles. The first-order valence-corrected chi connectivity index (χ1v) is 9.41. The zero-order valence-electron chi connectivity index (χ0n) is 15.2.